The van der Waals surface area contributed by atoms with Crippen LogP contribution in [0.15, 0.2) is 40.2 Å². The number of hydrogen-bond donors (Lipinski definition) is 1. The summed E-state index contributed by atoms with van der Waals surface area (Å²) >= 11 is 5.27. The SMILES string of the molecule is CN(CCCOc1cccc(CN)c1)Cc1cc(Br)cs1. The van der Waals surface area contributed by atoms with Gasteiger partial charge in [0.2, 0.25) is 0 Å². The maximum absolute atomic E-state index is 5.77. The summed E-state index contributed by atoms with van der Waals surface area (Å²) in [6.45, 7) is 3.29. The normalized spacial score (nSPS) is 11.0. The van der Waals surface area contributed by atoms with Crippen LogP contribution in [0, 0.1) is 0 Å². The predicted octanol–water partition coefficient (Wildman–Crippen LogP) is 3.87. The van der Waals surface area contributed by atoms with E-state index in [-0.39, 0.29) is 0 Å². The van der Waals surface area contributed by atoms with Crippen LogP contribution in [-0.4, -0.2) is 25.1 Å². The highest BCUT2D eigenvalue weighted by molar-refractivity contribution is 9.10. The quantitative estimate of drug-likeness (QED) is 0.718. The standard InChI is InChI=1S/C16H21BrN2OS/c1-19(11-16-9-14(17)12-21-16)6-3-7-20-15-5-2-4-13(8-15)10-18/h2,4-5,8-9,12H,3,6-7,10-11,18H2,1H3. The van der Waals surface area contributed by atoms with Crippen molar-refractivity contribution < 1.29 is 4.74 Å². The van der Waals surface area contributed by atoms with E-state index in [0.717, 1.165) is 37.4 Å². The zero-order chi connectivity index (χ0) is 15.1. The van der Waals surface area contributed by atoms with Crippen LogP contribution in [0.2, 0.25) is 0 Å². The first-order chi connectivity index (χ1) is 10.2. The number of thiophene rings is 1. The third-order valence-electron chi connectivity index (χ3n) is 3.13. The van der Waals surface area contributed by atoms with E-state index in [2.05, 4.69) is 39.3 Å². The molecule has 21 heavy (non-hydrogen) atoms. The van der Waals surface area contributed by atoms with Crippen LogP contribution in [0.25, 0.3) is 0 Å². The largest absolute Gasteiger partial charge is 0.494 e. The first-order valence-corrected chi connectivity index (χ1v) is 8.68. The maximum atomic E-state index is 5.77. The van der Waals surface area contributed by atoms with Crippen molar-refractivity contribution in [3.63, 3.8) is 0 Å². The number of rotatable bonds is 8. The lowest BCUT2D eigenvalue weighted by Gasteiger charge is -2.15. The van der Waals surface area contributed by atoms with E-state index in [1.807, 2.05) is 24.3 Å². The topological polar surface area (TPSA) is 38.5 Å². The summed E-state index contributed by atoms with van der Waals surface area (Å²) in [7, 11) is 2.14. The van der Waals surface area contributed by atoms with Gasteiger partial charge in [0.1, 0.15) is 5.75 Å². The minimum Gasteiger partial charge on any atom is -0.494 e. The fourth-order valence-electron chi connectivity index (χ4n) is 2.07. The van der Waals surface area contributed by atoms with Crippen molar-refractivity contribution in [1.82, 2.24) is 4.90 Å². The highest BCUT2D eigenvalue weighted by Crippen LogP contribution is 2.20. The van der Waals surface area contributed by atoms with Gasteiger partial charge in [-0.3, -0.25) is 0 Å². The molecule has 2 N–H and O–H groups in total. The van der Waals surface area contributed by atoms with E-state index in [1.165, 1.54) is 9.35 Å². The highest BCUT2D eigenvalue weighted by Gasteiger charge is 2.03. The van der Waals surface area contributed by atoms with Crippen molar-refractivity contribution in [2.45, 2.75) is 19.5 Å². The van der Waals surface area contributed by atoms with Crippen LogP contribution in [0.3, 0.4) is 0 Å². The van der Waals surface area contributed by atoms with Crippen LogP contribution >= 0.6 is 27.3 Å². The summed E-state index contributed by atoms with van der Waals surface area (Å²) < 4.78 is 6.93. The predicted molar refractivity (Wildman–Crippen MR) is 92.8 cm³/mol. The van der Waals surface area contributed by atoms with Gasteiger partial charge in [0, 0.05) is 34.4 Å². The monoisotopic (exact) mass is 368 g/mol. The maximum Gasteiger partial charge on any atom is 0.119 e. The molecule has 0 radical (unpaired) electrons. The van der Waals surface area contributed by atoms with Crippen LogP contribution in [0.4, 0.5) is 0 Å². The first kappa shape index (κ1) is 16.5. The van der Waals surface area contributed by atoms with Gasteiger partial charge in [-0.05, 0) is 53.2 Å². The van der Waals surface area contributed by atoms with Gasteiger partial charge in [0.25, 0.3) is 0 Å². The molecule has 1 heterocycles. The van der Waals surface area contributed by atoms with E-state index in [1.54, 1.807) is 11.3 Å². The summed E-state index contributed by atoms with van der Waals surface area (Å²) in [6, 6.07) is 10.2. The van der Waals surface area contributed by atoms with Gasteiger partial charge in [0.15, 0.2) is 0 Å². The lowest BCUT2D eigenvalue weighted by molar-refractivity contribution is 0.259. The van der Waals surface area contributed by atoms with E-state index < -0.39 is 0 Å². The van der Waals surface area contributed by atoms with Crippen molar-refractivity contribution >= 4 is 27.3 Å². The third kappa shape index (κ3) is 5.79. The van der Waals surface area contributed by atoms with Crippen molar-refractivity contribution in [1.29, 1.82) is 0 Å². The van der Waals surface area contributed by atoms with Gasteiger partial charge in [-0.25, -0.2) is 0 Å². The molecule has 0 unspecified atom stereocenters. The molecular weight excluding hydrogens is 348 g/mol. The molecule has 1 aromatic heterocycles. The van der Waals surface area contributed by atoms with Crippen LogP contribution < -0.4 is 10.5 Å². The fourth-order valence-corrected chi connectivity index (χ4v) is 3.60. The first-order valence-electron chi connectivity index (χ1n) is 7.00. The Hall–Kier alpha value is -0.880. The number of halogens is 1. The van der Waals surface area contributed by atoms with Crippen molar-refractivity contribution in [2.24, 2.45) is 5.73 Å². The van der Waals surface area contributed by atoms with E-state index in [9.17, 15) is 0 Å². The Kier molecular flexibility index (Phi) is 6.70. The third-order valence-corrected chi connectivity index (χ3v) is 4.82. The lowest BCUT2D eigenvalue weighted by atomic mass is 10.2. The molecule has 0 amide bonds. The summed E-state index contributed by atoms with van der Waals surface area (Å²) in [6.07, 6.45) is 1.01. The minimum absolute atomic E-state index is 0.552. The summed E-state index contributed by atoms with van der Waals surface area (Å²) in [5, 5.41) is 2.12. The second-order valence-corrected chi connectivity index (χ2v) is 6.93. The molecular formula is C16H21BrN2OS. The van der Waals surface area contributed by atoms with Crippen LogP contribution in [-0.2, 0) is 13.1 Å². The van der Waals surface area contributed by atoms with E-state index in [4.69, 9.17) is 10.5 Å². The molecule has 5 heteroatoms. The van der Waals surface area contributed by atoms with Crippen molar-refractivity contribution in [3.8, 4) is 5.75 Å². The molecule has 0 spiro atoms. The zero-order valence-electron chi connectivity index (χ0n) is 12.2. The molecule has 0 aliphatic carbocycles. The van der Waals surface area contributed by atoms with Gasteiger partial charge >= 0.3 is 0 Å². The molecule has 2 rings (SSSR count). The molecule has 3 nitrogen and oxygen atoms in total. The summed E-state index contributed by atoms with van der Waals surface area (Å²) in [5.41, 5.74) is 6.73. The number of nitrogens with zero attached hydrogens (tertiary/aromatic N) is 1. The minimum atomic E-state index is 0.552. The molecule has 0 bridgehead atoms. The average Bonchev–Trinajstić information content (AvgIpc) is 2.89. The molecule has 1 aromatic carbocycles. The Morgan fingerprint density at radius 2 is 2.19 bits per heavy atom. The molecule has 2 aromatic rings. The molecule has 0 aliphatic rings. The van der Waals surface area contributed by atoms with E-state index in [0.29, 0.717) is 6.54 Å². The summed E-state index contributed by atoms with van der Waals surface area (Å²) in [4.78, 5) is 3.69. The number of ether oxygens (including phenoxy) is 1. The molecule has 0 atom stereocenters. The Balaban J connectivity index is 1.66. The van der Waals surface area contributed by atoms with Gasteiger partial charge in [0.05, 0.1) is 6.61 Å². The second kappa shape index (κ2) is 8.54. The fraction of sp³-hybridized carbons (Fsp3) is 0.375. The molecule has 114 valence electrons. The Bertz CT molecular complexity index is 559. The smallest absolute Gasteiger partial charge is 0.119 e. The second-order valence-electron chi connectivity index (χ2n) is 5.02. The Morgan fingerprint density at radius 1 is 1.33 bits per heavy atom. The van der Waals surface area contributed by atoms with Gasteiger partial charge < -0.3 is 15.4 Å². The molecule has 0 saturated carbocycles. The molecule has 0 aliphatic heterocycles. The molecule has 0 saturated heterocycles. The van der Waals surface area contributed by atoms with Gasteiger partial charge in [-0.2, -0.15) is 0 Å². The van der Waals surface area contributed by atoms with Crippen LogP contribution in [0.1, 0.15) is 16.9 Å². The Labute approximate surface area is 138 Å². The Morgan fingerprint density at radius 3 is 2.90 bits per heavy atom. The van der Waals surface area contributed by atoms with Crippen molar-refractivity contribution in [3.05, 3.63) is 50.6 Å². The summed E-state index contributed by atoms with van der Waals surface area (Å²) in [5.74, 6) is 0.905. The number of nitrogens with two attached hydrogens (primary N) is 1. The van der Waals surface area contributed by atoms with E-state index >= 15 is 0 Å². The van der Waals surface area contributed by atoms with Gasteiger partial charge in [-0.15, -0.1) is 11.3 Å². The van der Waals surface area contributed by atoms with Gasteiger partial charge in [-0.1, -0.05) is 12.1 Å². The zero-order valence-corrected chi connectivity index (χ0v) is 14.6. The lowest BCUT2D eigenvalue weighted by Crippen LogP contribution is -2.20. The van der Waals surface area contributed by atoms with Crippen molar-refractivity contribution in [2.75, 3.05) is 20.2 Å². The number of benzene rings is 1. The van der Waals surface area contributed by atoms with Crippen LogP contribution in [0.5, 0.6) is 5.75 Å². The highest BCUT2D eigenvalue weighted by atomic mass is 79.9. The average molecular weight is 369 g/mol. The number of hydrogen-bond acceptors (Lipinski definition) is 4. The molecule has 0 fully saturated rings.